The van der Waals surface area contributed by atoms with Crippen LogP contribution in [0, 0.1) is 27.3 Å². The monoisotopic (exact) mass is 528 g/mol. The van der Waals surface area contributed by atoms with Crippen LogP contribution in [0.4, 0.5) is 31.9 Å². The SMILES string of the molecule is CC(=O)NSC[C@@H]1CN(c2ccc(N3CCC(C#N)(Nc4cccc([N+](=O)[O-])c4)CC3)c(F)c2)C(=O)O1. The molecule has 2 aromatic carbocycles. The van der Waals surface area contributed by atoms with Gasteiger partial charge in [0.25, 0.3) is 5.69 Å². The molecule has 0 aliphatic carbocycles. The molecule has 194 valence electrons. The second kappa shape index (κ2) is 10.9. The Morgan fingerprint density at radius 2 is 2.08 bits per heavy atom. The molecule has 0 unspecified atom stereocenters. The van der Waals surface area contributed by atoms with E-state index < -0.39 is 28.5 Å². The van der Waals surface area contributed by atoms with Crippen LogP contribution in [0.3, 0.4) is 0 Å². The van der Waals surface area contributed by atoms with Crippen molar-refractivity contribution >= 4 is 46.7 Å². The van der Waals surface area contributed by atoms with Crippen molar-refractivity contribution in [3.63, 3.8) is 0 Å². The van der Waals surface area contributed by atoms with Crippen molar-refractivity contribution in [1.29, 1.82) is 5.26 Å². The Balaban J connectivity index is 1.39. The lowest BCUT2D eigenvalue weighted by Crippen LogP contribution is -2.48. The summed E-state index contributed by atoms with van der Waals surface area (Å²) < 4.78 is 23.0. The van der Waals surface area contributed by atoms with Gasteiger partial charge in [0.05, 0.1) is 34.7 Å². The fourth-order valence-electron chi connectivity index (χ4n) is 4.34. The molecule has 2 fully saturated rings. The second-order valence-corrected chi connectivity index (χ2v) is 9.66. The predicted molar refractivity (Wildman–Crippen MR) is 137 cm³/mol. The minimum Gasteiger partial charge on any atom is -0.443 e. The number of piperidine rings is 1. The van der Waals surface area contributed by atoms with Gasteiger partial charge in [-0.15, -0.1) is 0 Å². The molecule has 0 spiro atoms. The average molecular weight is 529 g/mol. The number of nitrogens with zero attached hydrogens (tertiary/aromatic N) is 4. The summed E-state index contributed by atoms with van der Waals surface area (Å²) in [6.45, 7) is 2.41. The second-order valence-electron chi connectivity index (χ2n) is 8.83. The van der Waals surface area contributed by atoms with Crippen LogP contribution < -0.4 is 19.8 Å². The van der Waals surface area contributed by atoms with Gasteiger partial charge in [-0.2, -0.15) is 5.26 Å². The number of carbonyl (C=O) groups excluding carboxylic acids is 2. The topological polar surface area (TPSA) is 141 Å². The lowest BCUT2D eigenvalue weighted by molar-refractivity contribution is -0.384. The van der Waals surface area contributed by atoms with Crippen LogP contribution in [0.1, 0.15) is 19.8 Å². The molecular weight excluding hydrogens is 503 g/mol. The van der Waals surface area contributed by atoms with Crippen LogP contribution >= 0.6 is 11.9 Å². The van der Waals surface area contributed by atoms with Gasteiger partial charge < -0.3 is 19.7 Å². The van der Waals surface area contributed by atoms with Crippen molar-refractivity contribution in [3.8, 4) is 6.07 Å². The van der Waals surface area contributed by atoms with Crippen LogP contribution in [0.25, 0.3) is 0 Å². The van der Waals surface area contributed by atoms with Crippen LogP contribution in [-0.4, -0.2) is 54.0 Å². The number of non-ortho nitro benzene ring substituents is 1. The number of nitro benzene ring substituents is 1. The zero-order chi connectivity index (χ0) is 26.6. The molecule has 4 rings (SSSR count). The van der Waals surface area contributed by atoms with E-state index in [1.807, 2.05) is 4.90 Å². The fraction of sp³-hybridized carbons (Fsp3) is 0.375. The number of nitrogens with one attached hydrogen (secondary N) is 2. The minimum absolute atomic E-state index is 0.0719. The first-order valence-corrected chi connectivity index (χ1v) is 12.5. The van der Waals surface area contributed by atoms with Gasteiger partial charge in [0, 0.05) is 50.7 Å². The number of carbonyl (C=O) groups is 2. The zero-order valence-electron chi connectivity index (χ0n) is 20.0. The number of rotatable bonds is 8. The molecular formula is C24H25FN6O5S. The molecule has 0 radical (unpaired) electrons. The lowest BCUT2D eigenvalue weighted by atomic mass is 9.88. The molecule has 2 amide bonds. The smallest absolute Gasteiger partial charge is 0.414 e. The Bertz CT molecular complexity index is 1250. The van der Waals surface area contributed by atoms with Crippen LogP contribution in [-0.2, 0) is 9.53 Å². The van der Waals surface area contributed by atoms with Crippen molar-refractivity contribution < 1.29 is 23.6 Å². The molecule has 0 bridgehead atoms. The number of nitriles is 1. The normalized spacial score (nSPS) is 18.6. The summed E-state index contributed by atoms with van der Waals surface area (Å²) in [5.41, 5.74) is 0.194. The van der Waals surface area contributed by atoms with Gasteiger partial charge in [-0.1, -0.05) is 6.07 Å². The van der Waals surface area contributed by atoms with Gasteiger partial charge in [0.2, 0.25) is 5.91 Å². The number of benzene rings is 2. The molecule has 0 aromatic heterocycles. The Hall–Kier alpha value is -4.05. The minimum atomic E-state index is -0.939. The average Bonchev–Trinajstić information content (AvgIpc) is 3.24. The standard InChI is InChI=1S/C24H25FN6O5S/c1-16(32)28-37-14-20-13-30(23(33)36-20)18-5-6-22(21(25)12-18)29-9-7-24(15-26,8-10-29)27-17-3-2-4-19(11-17)31(34)35/h2-6,11-12,20,27H,7-10,13-14H2,1H3,(H,28,32)/t20-/m0/s1. The third-order valence-electron chi connectivity index (χ3n) is 6.21. The summed E-state index contributed by atoms with van der Waals surface area (Å²) in [5.74, 6) is -0.327. The number of halogens is 1. The van der Waals surface area contributed by atoms with E-state index in [0.717, 1.165) is 11.9 Å². The fourth-order valence-corrected chi connectivity index (χ4v) is 4.99. The summed E-state index contributed by atoms with van der Waals surface area (Å²) in [5, 5.41) is 24.1. The number of anilines is 3. The third kappa shape index (κ3) is 6.03. The summed E-state index contributed by atoms with van der Waals surface area (Å²) in [6.07, 6.45) is -0.268. The van der Waals surface area contributed by atoms with Crippen molar-refractivity contribution in [2.75, 3.05) is 40.5 Å². The maximum absolute atomic E-state index is 15.1. The number of cyclic esters (lactones) is 1. The maximum atomic E-state index is 15.1. The third-order valence-corrected chi connectivity index (χ3v) is 7.18. The number of hydrogen-bond acceptors (Lipinski definition) is 9. The van der Waals surface area contributed by atoms with Crippen molar-refractivity contribution in [2.45, 2.75) is 31.4 Å². The van der Waals surface area contributed by atoms with Gasteiger partial charge in [-0.3, -0.25) is 19.8 Å². The molecule has 1 atom stereocenters. The first-order chi connectivity index (χ1) is 17.7. The predicted octanol–water partition coefficient (Wildman–Crippen LogP) is 3.82. The molecule has 2 heterocycles. The Labute approximate surface area is 216 Å². The van der Waals surface area contributed by atoms with Gasteiger partial charge >= 0.3 is 6.09 Å². The van der Waals surface area contributed by atoms with E-state index >= 15 is 4.39 Å². The van der Waals surface area contributed by atoms with Crippen LogP contribution in [0.15, 0.2) is 42.5 Å². The summed E-state index contributed by atoms with van der Waals surface area (Å²) in [7, 11) is 0. The van der Waals surface area contributed by atoms with Gasteiger partial charge in [-0.25, -0.2) is 9.18 Å². The summed E-state index contributed by atoms with van der Waals surface area (Å²) in [4.78, 5) is 37.0. The molecule has 2 aromatic rings. The maximum Gasteiger partial charge on any atom is 0.414 e. The molecule has 2 N–H and O–H groups in total. The van der Waals surface area contributed by atoms with Crippen LogP contribution in [0.2, 0.25) is 0 Å². The molecule has 11 nitrogen and oxygen atoms in total. The van der Waals surface area contributed by atoms with E-state index in [2.05, 4.69) is 16.1 Å². The van der Waals surface area contributed by atoms with Gasteiger partial charge in [0.1, 0.15) is 17.5 Å². The summed E-state index contributed by atoms with van der Waals surface area (Å²) >= 11 is 1.14. The van der Waals surface area contributed by atoms with Gasteiger partial charge in [-0.05, 0) is 36.2 Å². The molecule has 0 saturated carbocycles. The van der Waals surface area contributed by atoms with E-state index in [9.17, 15) is 25.0 Å². The highest BCUT2D eigenvalue weighted by Crippen LogP contribution is 2.33. The van der Waals surface area contributed by atoms with Crippen LogP contribution in [0.5, 0.6) is 0 Å². The van der Waals surface area contributed by atoms with Crippen molar-refractivity contribution in [1.82, 2.24) is 4.72 Å². The highest BCUT2D eigenvalue weighted by Gasteiger charge is 2.36. The molecule has 2 saturated heterocycles. The Morgan fingerprint density at radius 1 is 1.32 bits per heavy atom. The number of nitro groups is 1. The number of amides is 2. The van der Waals surface area contributed by atoms with E-state index in [1.54, 1.807) is 24.3 Å². The Morgan fingerprint density at radius 3 is 2.73 bits per heavy atom. The van der Waals surface area contributed by atoms with Crippen molar-refractivity contribution in [2.24, 2.45) is 0 Å². The lowest BCUT2D eigenvalue weighted by Gasteiger charge is -2.39. The summed E-state index contributed by atoms with van der Waals surface area (Å²) in [6, 6.07) is 12.8. The Kier molecular flexibility index (Phi) is 7.68. The van der Waals surface area contributed by atoms with E-state index in [0.29, 0.717) is 48.7 Å². The van der Waals surface area contributed by atoms with Gasteiger partial charge in [0.15, 0.2) is 0 Å². The first-order valence-electron chi connectivity index (χ1n) is 11.5. The number of hydrogen-bond donors (Lipinski definition) is 2. The number of ether oxygens (including phenoxy) is 1. The quantitative estimate of drug-likeness (QED) is 0.297. The first kappa shape index (κ1) is 26.0. The molecule has 13 heteroatoms. The molecule has 2 aliphatic heterocycles. The van der Waals surface area contributed by atoms with E-state index in [4.69, 9.17) is 4.74 Å². The van der Waals surface area contributed by atoms with Crippen molar-refractivity contribution in [3.05, 3.63) is 58.4 Å². The molecule has 2 aliphatic rings. The van der Waals surface area contributed by atoms with E-state index in [1.165, 1.54) is 30.0 Å². The highest BCUT2D eigenvalue weighted by molar-refractivity contribution is 7.97. The largest absolute Gasteiger partial charge is 0.443 e. The molecule has 37 heavy (non-hydrogen) atoms. The zero-order valence-corrected chi connectivity index (χ0v) is 20.8. The highest BCUT2D eigenvalue weighted by atomic mass is 32.2. The van der Waals surface area contributed by atoms with E-state index in [-0.39, 0.29) is 18.1 Å².